The zero-order valence-corrected chi connectivity index (χ0v) is 10.1. The molecule has 4 heteroatoms. The van der Waals surface area contributed by atoms with Crippen molar-refractivity contribution in [3.8, 4) is 17.6 Å². The molecule has 0 aromatic heterocycles. The highest BCUT2D eigenvalue weighted by atomic mass is 35.5. The van der Waals surface area contributed by atoms with Crippen LogP contribution in [0, 0.1) is 11.8 Å². The van der Waals surface area contributed by atoms with Gasteiger partial charge in [0.05, 0.1) is 13.2 Å². The molecule has 0 bridgehead atoms. The van der Waals surface area contributed by atoms with Crippen molar-refractivity contribution >= 4 is 11.6 Å². The molecule has 0 heterocycles. The first-order chi connectivity index (χ1) is 7.72. The molecule has 0 aliphatic rings. The minimum absolute atomic E-state index is 0.0823. The fourth-order valence-corrected chi connectivity index (χ4v) is 1.62. The van der Waals surface area contributed by atoms with Gasteiger partial charge in [-0.05, 0) is 25.1 Å². The molecule has 0 aliphatic heterocycles. The summed E-state index contributed by atoms with van der Waals surface area (Å²) in [7, 11) is 1.62. The molecule has 0 fully saturated rings. The van der Waals surface area contributed by atoms with Gasteiger partial charge in [-0.1, -0.05) is 11.6 Å². The second kappa shape index (κ2) is 6.39. The van der Waals surface area contributed by atoms with Crippen LogP contribution in [0.25, 0.3) is 0 Å². The Labute approximate surface area is 101 Å². The number of ether oxygens (including phenoxy) is 1. The maximum atomic E-state index is 5.95. The third kappa shape index (κ3) is 3.14. The molecule has 3 N–H and O–H groups in total. The molecule has 0 aliphatic carbocycles. The van der Waals surface area contributed by atoms with Crippen molar-refractivity contribution in [2.45, 2.75) is 19.4 Å². The largest absolute Gasteiger partial charge is 0.496 e. The predicted molar refractivity (Wildman–Crippen MR) is 66.1 cm³/mol. The highest BCUT2D eigenvalue weighted by Gasteiger charge is 2.14. The van der Waals surface area contributed by atoms with Gasteiger partial charge in [0, 0.05) is 17.0 Å². The zero-order chi connectivity index (χ0) is 12.0. The van der Waals surface area contributed by atoms with Crippen LogP contribution in [-0.2, 0) is 0 Å². The Hall–Kier alpha value is -1.21. The average Bonchev–Trinajstić information content (AvgIpc) is 2.30. The topological polar surface area (TPSA) is 47.3 Å². The van der Waals surface area contributed by atoms with Crippen molar-refractivity contribution in [3.63, 3.8) is 0 Å². The number of halogens is 1. The van der Waals surface area contributed by atoms with E-state index in [4.69, 9.17) is 22.2 Å². The van der Waals surface area contributed by atoms with Crippen molar-refractivity contribution in [3.05, 3.63) is 28.8 Å². The number of nitrogens with one attached hydrogen (secondary N) is 1. The lowest BCUT2D eigenvalue weighted by Gasteiger charge is -2.17. The van der Waals surface area contributed by atoms with Crippen molar-refractivity contribution in [2.24, 2.45) is 5.84 Å². The summed E-state index contributed by atoms with van der Waals surface area (Å²) in [6.45, 7) is 1.79. The molecule has 1 aromatic carbocycles. The Morgan fingerprint density at radius 3 is 2.88 bits per heavy atom. The van der Waals surface area contributed by atoms with E-state index in [0.29, 0.717) is 11.4 Å². The average molecular weight is 239 g/mol. The standard InChI is InChI=1S/C12H15ClN2O/c1-3-4-5-11(15-14)10-8-9(13)6-7-12(10)16-2/h6-8,11,15H,5,14H2,1-2H3. The smallest absolute Gasteiger partial charge is 0.123 e. The van der Waals surface area contributed by atoms with Crippen LogP contribution in [0.4, 0.5) is 0 Å². The molecule has 1 aromatic rings. The van der Waals surface area contributed by atoms with Crippen LogP contribution in [-0.4, -0.2) is 7.11 Å². The van der Waals surface area contributed by atoms with Crippen LogP contribution in [0.15, 0.2) is 18.2 Å². The summed E-state index contributed by atoms with van der Waals surface area (Å²) in [5, 5.41) is 0.653. The van der Waals surface area contributed by atoms with E-state index in [1.54, 1.807) is 20.1 Å². The fraction of sp³-hybridized carbons (Fsp3) is 0.333. The highest BCUT2D eigenvalue weighted by molar-refractivity contribution is 6.30. The van der Waals surface area contributed by atoms with Crippen LogP contribution >= 0.6 is 11.6 Å². The van der Waals surface area contributed by atoms with E-state index in [9.17, 15) is 0 Å². The number of nitrogens with two attached hydrogens (primary N) is 1. The van der Waals surface area contributed by atoms with Gasteiger partial charge in [-0.3, -0.25) is 11.3 Å². The van der Waals surface area contributed by atoms with Crippen LogP contribution in [0.3, 0.4) is 0 Å². The highest BCUT2D eigenvalue weighted by Crippen LogP contribution is 2.29. The summed E-state index contributed by atoms with van der Waals surface area (Å²) in [6, 6.07) is 5.35. The van der Waals surface area contributed by atoms with Crippen LogP contribution in [0.5, 0.6) is 5.75 Å². The molecule has 0 saturated heterocycles. The molecule has 0 spiro atoms. The molecular weight excluding hydrogens is 224 g/mol. The maximum absolute atomic E-state index is 5.95. The van der Waals surface area contributed by atoms with E-state index in [-0.39, 0.29) is 6.04 Å². The fourth-order valence-electron chi connectivity index (χ4n) is 1.44. The summed E-state index contributed by atoms with van der Waals surface area (Å²) in [5.74, 6) is 12.1. The molecule has 1 unspecified atom stereocenters. The SMILES string of the molecule is CC#CCC(NN)c1cc(Cl)ccc1OC. The van der Waals surface area contributed by atoms with E-state index in [0.717, 1.165) is 11.3 Å². The third-order valence-corrected chi connectivity index (χ3v) is 2.49. The van der Waals surface area contributed by atoms with Gasteiger partial charge in [-0.2, -0.15) is 0 Å². The lowest BCUT2D eigenvalue weighted by atomic mass is 10.0. The molecule has 0 radical (unpaired) electrons. The van der Waals surface area contributed by atoms with Gasteiger partial charge in [0.1, 0.15) is 5.75 Å². The number of benzene rings is 1. The van der Waals surface area contributed by atoms with E-state index < -0.39 is 0 Å². The van der Waals surface area contributed by atoms with Crippen molar-refractivity contribution < 1.29 is 4.74 Å². The van der Waals surface area contributed by atoms with Crippen molar-refractivity contribution in [1.29, 1.82) is 0 Å². The van der Waals surface area contributed by atoms with Crippen LogP contribution < -0.4 is 16.0 Å². The summed E-state index contributed by atoms with van der Waals surface area (Å²) in [4.78, 5) is 0. The van der Waals surface area contributed by atoms with E-state index in [1.165, 1.54) is 0 Å². The zero-order valence-electron chi connectivity index (χ0n) is 9.38. The second-order valence-electron chi connectivity index (χ2n) is 3.24. The molecule has 3 nitrogen and oxygen atoms in total. The van der Waals surface area contributed by atoms with Gasteiger partial charge < -0.3 is 4.74 Å². The third-order valence-electron chi connectivity index (χ3n) is 2.25. The van der Waals surface area contributed by atoms with Gasteiger partial charge in [0.25, 0.3) is 0 Å². The van der Waals surface area contributed by atoms with E-state index in [1.807, 2.05) is 12.1 Å². The normalized spacial score (nSPS) is 11.5. The molecule has 0 saturated carbocycles. The molecule has 86 valence electrons. The van der Waals surface area contributed by atoms with E-state index >= 15 is 0 Å². The van der Waals surface area contributed by atoms with Crippen molar-refractivity contribution in [2.75, 3.05) is 7.11 Å². The van der Waals surface area contributed by atoms with Crippen molar-refractivity contribution in [1.82, 2.24) is 5.43 Å². The number of hydrogen-bond acceptors (Lipinski definition) is 3. The summed E-state index contributed by atoms with van der Waals surface area (Å²) < 4.78 is 5.26. The Kier molecular flexibility index (Phi) is 5.13. The monoisotopic (exact) mass is 238 g/mol. The molecular formula is C12H15ClN2O. The minimum atomic E-state index is -0.0823. The molecule has 1 rings (SSSR count). The molecule has 0 amide bonds. The Morgan fingerprint density at radius 2 is 2.31 bits per heavy atom. The first kappa shape index (κ1) is 12.9. The lowest BCUT2D eigenvalue weighted by molar-refractivity contribution is 0.400. The maximum Gasteiger partial charge on any atom is 0.123 e. The Morgan fingerprint density at radius 1 is 1.56 bits per heavy atom. The van der Waals surface area contributed by atoms with E-state index in [2.05, 4.69) is 17.3 Å². The summed E-state index contributed by atoms with van der Waals surface area (Å²) in [6.07, 6.45) is 0.615. The molecule has 16 heavy (non-hydrogen) atoms. The Balaban J connectivity index is 3.04. The predicted octanol–water partition coefficient (Wildman–Crippen LogP) is 2.27. The Bertz CT molecular complexity index is 409. The van der Waals surface area contributed by atoms with Crippen LogP contribution in [0.2, 0.25) is 5.02 Å². The number of methoxy groups -OCH3 is 1. The van der Waals surface area contributed by atoms with Gasteiger partial charge >= 0.3 is 0 Å². The lowest BCUT2D eigenvalue weighted by Crippen LogP contribution is -2.28. The van der Waals surface area contributed by atoms with Gasteiger partial charge in [-0.25, -0.2) is 0 Å². The summed E-state index contributed by atoms with van der Waals surface area (Å²) >= 11 is 5.95. The quantitative estimate of drug-likeness (QED) is 0.481. The number of rotatable bonds is 4. The second-order valence-corrected chi connectivity index (χ2v) is 3.67. The number of hydrogen-bond donors (Lipinski definition) is 2. The molecule has 1 atom stereocenters. The van der Waals surface area contributed by atoms with Gasteiger partial charge in [0.2, 0.25) is 0 Å². The van der Waals surface area contributed by atoms with Crippen LogP contribution in [0.1, 0.15) is 24.9 Å². The van der Waals surface area contributed by atoms with Gasteiger partial charge in [0.15, 0.2) is 0 Å². The minimum Gasteiger partial charge on any atom is -0.496 e. The summed E-state index contributed by atoms with van der Waals surface area (Å²) in [5.41, 5.74) is 3.63. The van der Waals surface area contributed by atoms with Gasteiger partial charge in [-0.15, -0.1) is 11.8 Å². The first-order valence-corrected chi connectivity index (χ1v) is 5.30. The number of hydrazine groups is 1. The first-order valence-electron chi connectivity index (χ1n) is 4.92.